The first kappa shape index (κ1) is 18.9. The normalized spacial score (nSPS) is 19.0. The average molecular weight is 332 g/mol. The zero-order chi connectivity index (χ0) is 17.4. The molecule has 1 aliphatic heterocycles. The summed E-state index contributed by atoms with van der Waals surface area (Å²) in [6.07, 6.45) is 3.29. The summed E-state index contributed by atoms with van der Waals surface area (Å²) in [6.45, 7) is 7.86. The standard InChI is InChI=1S/C20H32N2O2/c1-3-17(2)15-21-19(24)20(11-14-23)9-12-22(13-10-20)16-18-7-5-4-6-8-18/h4-8,17,23H,3,9-16H2,1-2H3,(H,21,24). The molecular weight excluding hydrogens is 300 g/mol. The maximum absolute atomic E-state index is 12.8. The zero-order valence-electron chi connectivity index (χ0n) is 15.1. The minimum Gasteiger partial charge on any atom is -0.396 e. The van der Waals surface area contributed by atoms with E-state index in [0.717, 1.165) is 45.4 Å². The fourth-order valence-corrected chi connectivity index (χ4v) is 3.38. The Morgan fingerprint density at radius 1 is 1.29 bits per heavy atom. The number of aliphatic hydroxyl groups is 1. The molecule has 2 N–H and O–H groups in total. The van der Waals surface area contributed by atoms with Crippen LogP contribution in [0.25, 0.3) is 0 Å². The number of rotatable bonds is 8. The third-order valence-corrected chi connectivity index (χ3v) is 5.44. The summed E-state index contributed by atoms with van der Waals surface area (Å²) in [5.41, 5.74) is 0.920. The van der Waals surface area contributed by atoms with Crippen LogP contribution in [-0.4, -0.2) is 42.2 Å². The maximum Gasteiger partial charge on any atom is 0.226 e. The molecule has 24 heavy (non-hydrogen) atoms. The smallest absolute Gasteiger partial charge is 0.226 e. The van der Waals surface area contributed by atoms with Gasteiger partial charge >= 0.3 is 0 Å². The van der Waals surface area contributed by atoms with Crippen LogP contribution in [0.2, 0.25) is 0 Å². The van der Waals surface area contributed by atoms with Gasteiger partial charge in [0, 0.05) is 19.7 Å². The molecule has 2 rings (SSSR count). The van der Waals surface area contributed by atoms with Gasteiger partial charge in [0.2, 0.25) is 5.91 Å². The third-order valence-electron chi connectivity index (χ3n) is 5.44. The van der Waals surface area contributed by atoms with E-state index >= 15 is 0 Å². The topological polar surface area (TPSA) is 52.6 Å². The van der Waals surface area contributed by atoms with Gasteiger partial charge in [-0.15, -0.1) is 0 Å². The van der Waals surface area contributed by atoms with Gasteiger partial charge < -0.3 is 10.4 Å². The molecule has 134 valence electrons. The summed E-state index contributed by atoms with van der Waals surface area (Å²) >= 11 is 0. The Bertz CT molecular complexity index is 496. The molecule has 1 atom stereocenters. The zero-order valence-corrected chi connectivity index (χ0v) is 15.1. The van der Waals surface area contributed by atoms with Gasteiger partial charge in [-0.25, -0.2) is 0 Å². The highest BCUT2D eigenvalue weighted by Gasteiger charge is 2.40. The summed E-state index contributed by atoms with van der Waals surface area (Å²) in [6, 6.07) is 10.5. The van der Waals surface area contributed by atoms with Gasteiger partial charge in [-0.3, -0.25) is 9.69 Å². The maximum atomic E-state index is 12.8. The fourth-order valence-electron chi connectivity index (χ4n) is 3.38. The van der Waals surface area contributed by atoms with Crippen molar-refractivity contribution in [3.8, 4) is 0 Å². The largest absolute Gasteiger partial charge is 0.396 e. The second-order valence-electron chi connectivity index (χ2n) is 7.24. The number of hydrogen-bond donors (Lipinski definition) is 2. The quantitative estimate of drug-likeness (QED) is 0.770. The summed E-state index contributed by atoms with van der Waals surface area (Å²) < 4.78 is 0. The van der Waals surface area contributed by atoms with Crippen LogP contribution >= 0.6 is 0 Å². The number of carbonyl (C=O) groups is 1. The van der Waals surface area contributed by atoms with Crippen LogP contribution in [0, 0.1) is 11.3 Å². The number of nitrogens with zero attached hydrogens (tertiary/aromatic N) is 1. The first-order valence-electron chi connectivity index (χ1n) is 9.25. The molecule has 0 saturated carbocycles. The van der Waals surface area contributed by atoms with Crippen LogP contribution in [0.3, 0.4) is 0 Å². The van der Waals surface area contributed by atoms with Gasteiger partial charge in [0.15, 0.2) is 0 Å². The number of piperidine rings is 1. The van der Waals surface area contributed by atoms with E-state index in [9.17, 15) is 9.90 Å². The molecule has 0 aromatic heterocycles. The Morgan fingerprint density at radius 2 is 1.96 bits per heavy atom. The number of aliphatic hydroxyl groups excluding tert-OH is 1. The molecule has 0 bridgehead atoms. The van der Waals surface area contributed by atoms with Gasteiger partial charge in [0.1, 0.15) is 0 Å². The molecule has 1 saturated heterocycles. The van der Waals surface area contributed by atoms with Crippen LogP contribution in [0.4, 0.5) is 0 Å². The molecule has 1 aromatic rings. The van der Waals surface area contributed by atoms with Crippen molar-refractivity contribution in [2.75, 3.05) is 26.2 Å². The molecule has 0 spiro atoms. The van der Waals surface area contributed by atoms with Crippen molar-refractivity contribution in [3.63, 3.8) is 0 Å². The predicted molar refractivity (Wildman–Crippen MR) is 97.6 cm³/mol. The van der Waals surface area contributed by atoms with E-state index in [2.05, 4.69) is 48.3 Å². The molecule has 1 aliphatic rings. The van der Waals surface area contributed by atoms with Gasteiger partial charge in [-0.1, -0.05) is 50.6 Å². The number of carbonyl (C=O) groups excluding carboxylic acids is 1. The first-order valence-corrected chi connectivity index (χ1v) is 9.25. The van der Waals surface area contributed by atoms with Crippen LogP contribution in [-0.2, 0) is 11.3 Å². The molecule has 0 aliphatic carbocycles. The Balaban J connectivity index is 1.91. The second kappa shape index (κ2) is 9.19. The number of amides is 1. The molecular formula is C20H32N2O2. The van der Waals surface area contributed by atoms with Gasteiger partial charge in [-0.2, -0.15) is 0 Å². The Labute approximate surface area is 146 Å². The summed E-state index contributed by atoms with van der Waals surface area (Å²) in [5.74, 6) is 0.634. The molecule has 1 aromatic carbocycles. The van der Waals surface area contributed by atoms with Gasteiger partial charge in [0.05, 0.1) is 5.41 Å². The summed E-state index contributed by atoms with van der Waals surface area (Å²) in [4.78, 5) is 15.2. The molecule has 4 nitrogen and oxygen atoms in total. The van der Waals surface area contributed by atoms with Crippen LogP contribution < -0.4 is 5.32 Å². The third kappa shape index (κ3) is 5.05. The number of benzene rings is 1. The lowest BCUT2D eigenvalue weighted by molar-refractivity contribution is -0.135. The van der Waals surface area contributed by atoms with Gasteiger partial charge in [0.25, 0.3) is 0 Å². The predicted octanol–water partition coefficient (Wildman–Crippen LogP) is 2.81. The van der Waals surface area contributed by atoms with E-state index in [4.69, 9.17) is 0 Å². The van der Waals surface area contributed by atoms with E-state index in [1.165, 1.54) is 5.56 Å². The van der Waals surface area contributed by atoms with E-state index in [1.54, 1.807) is 0 Å². The molecule has 1 amide bonds. The molecule has 4 heteroatoms. The van der Waals surface area contributed by atoms with Crippen molar-refractivity contribution < 1.29 is 9.90 Å². The first-order chi connectivity index (χ1) is 11.6. The summed E-state index contributed by atoms with van der Waals surface area (Å²) in [7, 11) is 0. The van der Waals surface area contributed by atoms with Crippen molar-refractivity contribution in [2.45, 2.75) is 46.1 Å². The van der Waals surface area contributed by atoms with Crippen molar-refractivity contribution in [2.24, 2.45) is 11.3 Å². The molecule has 1 heterocycles. The highest BCUT2D eigenvalue weighted by Crippen LogP contribution is 2.35. The Morgan fingerprint density at radius 3 is 2.54 bits per heavy atom. The molecule has 1 fully saturated rings. The van der Waals surface area contributed by atoms with E-state index < -0.39 is 5.41 Å². The number of nitrogens with one attached hydrogen (secondary N) is 1. The minimum atomic E-state index is -0.393. The Kier molecular flexibility index (Phi) is 7.25. The highest BCUT2D eigenvalue weighted by atomic mass is 16.3. The van der Waals surface area contributed by atoms with Crippen molar-refractivity contribution >= 4 is 5.91 Å². The number of likely N-dealkylation sites (tertiary alicyclic amines) is 1. The van der Waals surface area contributed by atoms with E-state index in [1.807, 2.05) is 6.07 Å². The average Bonchev–Trinajstić information content (AvgIpc) is 2.62. The van der Waals surface area contributed by atoms with Crippen LogP contribution in [0.5, 0.6) is 0 Å². The monoisotopic (exact) mass is 332 g/mol. The molecule has 0 radical (unpaired) electrons. The SMILES string of the molecule is CCC(C)CNC(=O)C1(CCO)CCN(Cc2ccccc2)CC1. The van der Waals surface area contributed by atoms with Crippen molar-refractivity contribution in [1.82, 2.24) is 10.2 Å². The summed E-state index contributed by atoms with van der Waals surface area (Å²) in [5, 5.41) is 12.6. The molecule has 1 unspecified atom stereocenters. The van der Waals surface area contributed by atoms with Crippen molar-refractivity contribution in [3.05, 3.63) is 35.9 Å². The fraction of sp³-hybridized carbons (Fsp3) is 0.650. The van der Waals surface area contributed by atoms with Gasteiger partial charge in [-0.05, 0) is 43.8 Å². The lowest BCUT2D eigenvalue weighted by Crippen LogP contribution is -2.49. The second-order valence-corrected chi connectivity index (χ2v) is 7.24. The number of hydrogen-bond acceptors (Lipinski definition) is 3. The van der Waals surface area contributed by atoms with Crippen LogP contribution in [0.15, 0.2) is 30.3 Å². The van der Waals surface area contributed by atoms with E-state index in [-0.39, 0.29) is 12.5 Å². The lowest BCUT2D eigenvalue weighted by Gasteiger charge is -2.40. The minimum absolute atomic E-state index is 0.0788. The lowest BCUT2D eigenvalue weighted by atomic mass is 9.74. The van der Waals surface area contributed by atoms with Crippen LogP contribution in [0.1, 0.15) is 45.1 Å². The van der Waals surface area contributed by atoms with Crippen molar-refractivity contribution in [1.29, 1.82) is 0 Å². The Hall–Kier alpha value is -1.39. The van der Waals surface area contributed by atoms with E-state index in [0.29, 0.717) is 12.3 Å². The highest BCUT2D eigenvalue weighted by molar-refractivity contribution is 5.82.